The summed E-state index contributed by atoms with van der Waals surface area (Å²) in [6.45, 7) is 2.57. The van der Waals surface area contributed by atoms with Gasteiger partial charge in [0.15, 0.2) is 5.78 Å². The van der Waals surface area contributed by atoms with Gasteiger partial charge in [0, 0.05) is 57.5 Å². The lowest BCUT2D eigenvalue weighted by molar-refractivity contribution is 0.0988. The number of halogens is 2. The average Bonchev–Trinajstić information content (AvgIpc) is 3.51. The highest BCUT2D eigenvalue weighted by atomic mass is 32.2. The second kappa shape index (κ2) is 9.49. The quantitative estimate of drug-likeness (QED) is 0.459. The molecule has 5 rings (SSSR count). The van der Waals surface area contributed by atoms with E-state index >= 15 is 4.39 Å². The van der Waals surface area contributed by atoms with Crippen LogP contribution in [0.25, 0.3) is 0 Å². The number of sulfonamides is 1. The van der Waals surface area contributed by atoms with Crippen molar-refractivity contribution in [3.63, 3.8) is 0 Å². The summed E-state index contributed by atoms with van der Waals surface area (Å²) < 4.78 is 58.0. The van der Waals surface area contributed by atoms with Crippen molar-refractivity contribution in [1.82, 2.24) is 24.0 Å². The van der Waals surface area contributed by atoms with Gasteiger partial charge in [-0.15, -0.1) is 0 Å². The van der Waals surface area contributed by atoms with Gasteiger partial charge in [0.1, 0.15) is 27.6 Å². The van der Waals surface area contributed by atoms with Crippen LogP contribution in [0.1, 0.15) is 40.5 Å². The van der Waals surface area contributed by atoms with Crippen LogP contribution in [0.5, 0.6) is 0 Å². The molecule has 10 nitrogen and oxygen atoms in total. The number of ketones is 1. The molecular weight excluding hydrogens is 528 g/mol. The molecule has 2 aliphatic heterocycles. The van der Waals surface area contributed by atoms with Crippen molar-refractivity contribution in [3.05, 3.63) is 82.9 Å². The highest BCUT2D eigenvalue weighted by Gasteiger charge is 2.66. The lowest BCUT2D eigenvalue weighted by Gasteiger charge is -2.48. The fourth-order valence-electron chi connectivity index (χ4n) is 5.63. The summed E-state index contributed by atoms with van der Waals surface area (Å²) in [7, 11) is -0.940. The van der Waals surface area contributed by atoms with E-state index in [1.165, 1.54) is 31.3 Å². The molecular formula is C26H29F2N7O3S. The molecule has 1 spiro atoms. The second-order valence-corrected chi connectivity index (χ2v) is 12.5. The van der Waals surface area contributed by atoms with Crippen LogP contribution in [0.2, 0.25) is 0 Å². The largest absolute Gasteiger partial charge is 0.369 e. The van der Waals surface area contributed by atoms with Crippen LogP contribution in [0, 0.1) is 11.6 Å². The topological polar surface area (TPSA) is 127 Å². The molecule has 0 aliphatic carbocycles. The Morgan fingerprint density at radius 1 is 1.13 bits per heavy atom. The second-order valence-electron chi connectivity index (χ2n) is 10.3. The van der Waals surface area contributed by atoms with E-state index in [0.29, 0.717) is 18.7 Å². The molecule has 1 saturated heterocycles. The lowest BCUT2D eigenvalue weighted by atomic mass is 9.77. The first kappa shape index (κ1) is 26.9. The summed E-state index contributed by atoms with van der Waals surface area (Å²) in [4.78, 5) is 23.2. The first-order valence-corrected chi connectivity index (χ1v) is 13.8. The van der Waals surface area contributed by atoms with Gasteiger partial charge in [-0.05, 0) is 43.2 Å². The minimum atomic E-state index is -4.09. The van der Waals surface area contributed by atoms with Gasteiger partial charge in [-0.2, -0.15) is 5.10 Å². The number of hydrogen-bond acceptors (Lipinski definition) is 8. The van der Waals surface area contributed by atoms with Crippen LogP contribution in [-0.2, 0) is 35.6 Å². The number of carbonyl (C=O) groups is 1. The van der Waals surface area contributed by atoms with Crippen LogP contribution < -0.4 is 5.73 Å². The van der Waals surface area contributed by atoms with Crippen LogP contribution in [0.3, 0.4) is 0 Å². The Morgan fingerprint density at radius 2 is 1.90 bits per heavy atom. The molecule has 13 heteroatoms. The molecule has 1 aromatic carbocycles. The van der Waals surface area contributed by atoms with Gasteiger partial charge >= 0.3 is 0 Å². The molecule has 2 N–H and O–H groups in total. The number of Topliss-reactive ketones (excluding diaryl/α,β-unsaturated/α-hetero) is 1. The number of pyridine rings is 1. The molecule has 2 aromatic heterocycles. The standard InChI is InChI=1S/C26H29F2N7O3S/c1-25(20-10-17(4-6-21(20)28)11-23(36)22-7-5-19(27)13-30-22)26(39(37,38)34(3)24(29)32-25)8-9-35(16-26)15-18-12-31-33(2)14-18/h4-7,10,12-14H,8-9,11,15-16H2,1-3H3,(H2,29,32)/t25-,26+/m1/s1. The van der Waals surface area contributed by atoms with Gasteiger partial charge in [0.05, 0.1) is 12.4 Å². The summed E-state index contributed by atoms with van der Waals surface area (Å²) in [5, 5.41) is 4.19. The van der Waals surface area contributed by atoms with Crippen LogP contribution in [0.4, 0.5) is 8.78 Å². The normalized spacial score (nSPS) is 24.7. The van der Waals surface area contributed by atoms with E-state index in [0.717, 1.165) is 22.1 Å². The number of nitrogens with zero attached hydrogens (tertiary/aromatic N) is 6. The van der Waals surface area contributed by atoms with Gasteiger partial charge in [0.25, 0.3) is 0 Å². The minimum absolute atomic E-state index is 0.0303. The molecule has 0 radical (unpaired) electrons. The maximum atomic E-state index is 15.6. The zero-order valence-corrected chi connectivity index (χ0v) is 22.6. The van der Waals surface area contributed by atoms with Crippen LogP contribution >= 0.6 is 0 Å². The maximum Gasteiger partial charge on any atom is 0.247 e. The van der Waals surface area contributed by atoms with Gasteiger partial charge in [0.2, 0.25) is 16.0 Å². The van der Waals surface area contributed by atoms with Crippen molar-refractivity contribution in [1.29, 1.82) is 0 Å². The number of carbonyl (C=O) groups excluding carboxylic acids is 1. The Morgan fingerprint density at radius 3 is 2.56 bits per heavy atom. The molecule has 0 unspecified atom stereocenters. The fourth-order valence-corrected chi connectivity index (χ4v) is 7.79. The number of aromatic nitrogens is 3. The van der Waals surface area contributed by atoms with Crippen LogP contribution in [0.15, 0.2) is 53.9 Å². The SMILES string of the molecule is CN1C(N)=N[C@](C)(c2cc(CC(=O)c3ccc(F)cn3)ccc2F)[C@@]2(CCN(Cc3cnn(C)c3)C2)S1(=O)=O. The fraction of sp³-hybridized carbons (Fsp3) is 0.385. The summed E-state index contributed by atoms with van der Waals surface area (Å²) in [5.41, 5.74) is 5.95. The van der Waals surface area contributed by atoms with Crippen molar-refractivity contribution < 1.29 is 22.0 Å². The number of aliphatic imine (C=N–C) groups is 1. The molecule has 0 saturated carbocycles. The van der Waals surface area contributed by atoms with E-state index < -0.39 is 37.7 Å². The Balaban J connectivity index is 1.55. The Hall–Kier alpha value is -3.71. The molecule has 4 heterocycles. The van der Waals surface area contributed by atoms with Crippen molar-refractivity contribution >= 4 is 21.8 Å². The van der Waals surface area contributed by atoms with Crippen LogP contribution in [-0.4, -0.2) is 69.0 Å². The molecule has 2 atom stereocenters. The minimum Gasteiger partial charge on any atom is -0.369 e. The highest BCUT2D eigenvalue weighted by molar-refractivity contribution is 7.91. The summed E-state index contributed by atoms with van der Waals surface area (Å²) in [6, 6.07) is 6.55. The van der Waals surface area contributed by atoms with Crippen molar-refractivity contribution in [2.24, 2.45) is 17.8 Å². The summed E-state index contributed by atoms with van der Waals surface area (Å²) >= 11 is 0. The third kappa shape index (κ3) is 4.39. The summed E-state index contributed by atoms with van der Waals surface area (Å²) in [6.07, 6.45) is 4.57. The van der Waals surface area contributed by atoms with Crippen molar-refractivity contribution in [3.8, 4) is 0 Å². The Kier molecular flexibility index (Phi) is 6.54. The van der Waals surface area contributed by atoms with E-state index in [9.17, 15) is 17.6 Å². The van der Waals surface area contributed by atoms with Gasteiger partial charge in [-0.1, -0.05) is 6.07 Å². The monoisotopic (exact) mass is 557 g/mol. The predicted octanol–water partition coefficient (Wildman–Crippen LogP) is 1.97. The molecule has 0 bridgehead atoms. The molecule has 3 aromatic rings. The zero-order valence-electron chi connectivity index (χ0n) is 21.8. The number of guanidine groups is 1. The van der Waals surface area contributed by atoms with E-state index in [-0.39, 0.29) is 36.6 Å². The number of aryl methyl sites for hydroxylation is 1. The molecule has 39 heavy (non-hydrogen) atoms. The number of likely N-dealkylation sites (tertiary alicyclic amines) is 1. The van der Waals surface area contributed by atoms with Gasteiger partial charge < -0.3 is 5.73 Å². The molecule has 206 valence electrons. The van der Waals surface area contributed by atoms with E-state index in [1.807, 2.05) is 11.1 Å². The Labute approximate surface area is 225 Å². The smallest absolute Gasteiger partial charge is 0.247 e. The predicted molar refractivity (Wildman–Crippen MR) is 140 cm³/mol. The zero-order chi connectivity index (χ0) is 28.2. The number of nitrogens with two attached hydrogens (primary N) is 1. The average molecular weight is 558 g/mol. The highest BCUT2D eigenvalue weighted by Crippen LogP contribution is 2.51. The molecule has 2 aliphatic rings. The van der Waals surface area contributed by atoms with Gasteiger partial charge in [-0.3, -0.25) is 19.4 Å². The number of hydrogen-bond donors (Lipinski definition) is 1. The van der Waals surface area contributed by atoms with E-state index in [4.69, 9.17) is 5.73 Å². The summed E-state index contributed by atoms with van der Waals surface area (Å²) in [5.74, 6) is -1.86. The van der Waals surface area contributed by atoms with Crippen molar-refractivity contribution in [2.75, 3.05) is 20.1 Å². The first-order valence-electron chi connectivity index (χ1n) is 12.3. The number of benzene rings is 1. The first-order chi connectivity index (χ1) is 18.4. The third-order valence-electron chi connectivity index (χ3n) is 7.81. The Bertz CT molecular complexity index is 1570. The molecule has 1 fully saturated rings. The van der Waals surface area contributed by atoms with E-state index in [2.05, 4.69) is 15.1 Å². The number of rotatable bonds is 6. The molecule has 0 amide bonds. The van der Waals surface area contributed by atoms with Gasteiger partial charge in [-0.25, -0.2) is 26.5 Å². The van der Waals surface area contributed by atoms with E-state index in [1.54, 1.807) is 24.9 Å². The maximum absolute atomic E-state index is 15.6. The van der Waals surface area contributed by atoms with Crippen molar-refractivity contribution in [2.45, 2.75) is 36.6 Å². The lowest BCUT2D eigenvalue weighted by Crippen LogP contribution is -2.66. The third-order valence-corrected chi connectivity index (χ3v) is 10.4.